The molecule has 0 aliphatic heterocycles. The van der Waals surface area contributed by atoms with Crippen molar-refractivity contribution in [3.8, 4) is 0 Å². The van der Waals surface area contributed by atoms with Gasteiger partial charge in [-0.15, -0.1) is 11.8 Å². The fraction of sp³-hybridized carbons (Fsp3) is 0.556. The molecule has 118 valence electrons. The highest BCUT2D eigenvalue weighted by Gasteiger charge is 2.23. The number of ether oxygens (including phenoxy) is 1. The molecule has 0 bridgehead atoms. The number of thioether (sulfide) groups is 1. The average molecular weight is 317 g/mol. The summed E-state index contributed by atoms with van der Waals surface area (Å²) in [6.45, 7) is 2.25. The standard InChI is InChI=1S/C18H23NO2S/c1-2-21-18(20)16(11-13-5-3-4-6-13)14-7-10-17(19-12-14)22-15-8-9-15/h7,10-13,15H,2-6,8-9H2,1H3/b16-11+. The number of carbonyl (C=O) groups is 1. The molecule has 1 heterocycles. The number of rotatable bonds is 6. The number of pyridine rings is 1. The Labute approximate surface area is 136 Å². The molecule has 4 heteroatoms. The van der Waals surface area contributed by atoms with E-state index in [9.17, 15) is 4.79 Å². The maximum Gasteiger partial charge on any atom is 0.338 e. The third-order valence-corrected chi connectivity index (χ3v) is 5.44. The molecule has 0 N–H and O–H groups in total. The summed E-state index contributed by atoms with van der Waals surface area (Å²) < 4.78 is 5.23. The van der Waals surface area contributed by atoms with Gasteiger partial charge in [0.05, 0.1) is 17.2 Å². The van der Waals surface area contributed by atoms with Crippen molar-refractivity contribution in [2.45, 2.75) is 55.7 Å². The fourth-order valence-corrected chi connectivity index (χ4v) is 3.79. The number of carbonyl (C=O) groups excluding carboxylic acids is 1. The highest BCUT2D eigenvalue weighted by atomic mass is 32.2. The Bertz CT molecular complexity index is 543. The zero-order valence-corrected chi connectivity index (χ0v) is 13.9. The van der Waals surface area contributed by atoms with Crippen LogP contribution in [0.1, 0.15) is 51.0 Å². The van der Waals surface area contributed by atoms with Gasteiger partial charge in [0.25, 0.3) is 0 Å². The van der Waals surface area contributed by atoms with Gasteiger partial charge in [-0.1, -0.05) is 18.9 Å². The van der Waals surface area contributed by atoms with Gasteiger partial charge in [-0.05, 0) is 50.7 Å². The lowest BCUT2D eigenvalue weighted by Crippen LogP contribution is -2.08. The number of hydrogen-bond acceptors (Lipinski definition) is 4. The highest BCUT2D eigenvalue weighted by molar-refractivity contribution is 8.00. The molecule has 2 fully saturated rings. The first-order chi connectivity index (χ1) is 10.8. The van der Waals surface area contributed by atoms with Crippen molar-refractivity contribution in [3.63, 3.8) is 0 Å². The van der Waals surface area contributed by atoms with Crippen molar-refractivity contribution in [2.24, 2.45) is 5.92 Å². The van der Waals surface area contributed by atoms with E-state index in [2.05, 4.69) is 11.1 Å². The lowest BCUT2D eigenvalue weighted by molar-refractivity contribution is -0.136. The van der Waals surface area contributed by atoms with Crippen molar-refractivity contribution in [3.05, 3.63) is 30.0 Å². The van der Waals surface area contributed by atoms with Gasteiger partial charge in [0.15, 0.2) is 0 Å². The van der Waals surface area contributed by atoms with Crippen molar-refractivity contribution in [2.75, 3.05) is 6.61 Å². The van der Waals surface area contributed by atoms with E-state index in [1.807, 2.05) is 37.0 Å². The Morgan fingerprint density at radius 1 is 1.32 bits per heavy atom. The fourth-order valence-electron chi connectivity index (χ4n) is 2.82. The Balaban J connectivity index is 1.78. The van der Waals surface area contributed by atoms with E-state index in [1.54, 1.807) is 0 Å². The number of aromatic nitrogens is 1. The van der Waals surface area contributed by atoms with Crippen molar-refractivity contribution < 1.29 is 9.53 Å². The Morgan fingerprint density at radius 3 is 2.68 bits per heavy atom. The molecule has 22 heavy (non-hydrogen) atoms. The molecule has 2 aliphatic carbocycles. The molecule has 1 aromatic heterocycles. The minimum absolute atomic E-state index is 0.223. The minimum Gasteiger partial charge on any atom is -0.462 e. The van der Waals surface area contributed by atoms with E-state index < -0.39 is 0 Å². The second-order valence-corrected chi connectivity index (χ2v) is 7.37. The summed E-state index contributed by atoms with van der Waals surface area (Å²) >= 11 is 1.83. The summed E-state index contributed by atoms with van der Waals surface area (Å²) in [6, 6.07) is 4.04. The molecule has 0 spiro atoms. The predicted molar refractivity (Wildman–Crippen MR) is 89.7 cm³/mol. The third kappa shape index (κ3) is 4.13. The Morgan fingerprint density at radius 2 is 2.09 bits per heavy atom. The first-order valence-corrected chi connectivity index (χ1v) is 9.16. The second-order valence-electron chi connectivity index (χ2n) is 6.05. The summed E-state index contributed by atoms with van der Waals surface area (Å²) in [6.07, 6.45) is 11.4. The van der Waals surface area contributed by atoms with Crippen molar-refractivity contribution in [1.82, 2.24) is 4.98 Å². The zero-order valence-electron chi connectivity index (χ0n) is 13.1. The number of nitrogens with zero attached hydrogens (tertiary/aromatic N) is 1. The zero-order chi connectivity index (χ0) is 15.4. The van der Waals surface area contributed by atoms with Crippen molar-refractivity contribution in [1.29, 1.82) is 0 Å². The molecule has 0 aromatic carbocycles. The van der Waals surface area contributed by atoms with Crippen LogP contribution in [-0.2, 0) is 9.53 Å². The minimum atomic E-state index is -0.223. The van der Waals surface area contributed by atoms with Crippen LogP contribution in [0.25, 0.3) is 5.57 Å². The van der Waals surface area contributed by atoms with Crippen LogP contribution in [0.4, 0.5) is 0 Å². The molecule has 3 rings (SSSR count). The van der Waals surface area contributed by atoms with Gasteiger partial charge >= 0.3 is 5.97 Å². The van der Waals surface area contributed by atoms with Gasteiger partial charge in [-0.25, -0.2) is 9.78 Å². The average Bonchev–Trinajstić information content (AvgIpc) is 3.18. The van der Waals surface area contributed by atoms with E-state index in [-0.39, 0.29) is 5.97 Å². The molecular weight excluding hydrogens is 294 g/mol. The van der Waals surface area contributed by atoms with Crippen LogP contribution in [0.3, 0.4) is 0 Å². The monoisotopic (exact) mass is 317 g/mol. The van der Waals surface area contributed by atoms with Gasteiger partial charge in [-0.3, -0.25) is 0 Å². The molecule has 0 amide bonds. The van der Waals surface area contributed by atoms with Crippen LogP contribution in [0.15, 0.2) is 29.4 Å². The molecule has 0 saturated heterocycles. The summed E-state index contributed by atoms with van der Waals surface area (Å²) in [5, 5.41) is 1.80. The maximum atomic E-state index is 12.3. The lowest BCUT2D eigenvalue weighted by Gasteiger charge is -2.10. The molecule has 1 aromatic rings. The smallest absolute Gasteiger partial charge is 0.338 e. The van der Waals surface area contributed by atoms with Crippen molar-refractivity contribution >= 4 is 23.3 Å². The van der Waals surface area contributed by atoms with E-state index in [4.69, 9.17) is 4.74 Å². The van der Waals surface area contributed by atoms with Crippen LogP contribution in [0, 0.1) is 5.92 Å². The Kier molecular flexibility index (Phi) is 5.19. The van der Waals surface area contributed by atoms with Crippen LogP contribution < -0.4 is 0 Å². The van der Waals surface area contributed by atoms with Crippen LogP contribution in [0.5, 0.6) is 0 Å². The van der Waals surface area contributed by atoms with Gasteiger partial charge in [-0.2, -0.15) is 0 Å². The summed E-state index contributed by atoms with van der Waals surface area (Å²) in [5.41, 5.74) is 1.56. The second kappa shape index (κ2) is 7.32. The quantitative estimate of drug-likeness (QED) is 0.573. The highest BCUT2D eigenvalue weighted by Crippen LogP contribution is 2.38. The maximum absolute atomic E-state index is 12.3. The molecule has 3 nitrogen and oxygen atoms in total. The largest absolute Gasteiger partial charge is 0.462 e. The summed E-state index contributed by atoms with van der Waals surface area (Å²) in [7, 11) is 0. The Hall–Kier alpha value is -1.29. The first-order valence-electron chi connectivity index (χ1n) is 8.28. The molecule has 2 saturated carbocycles. The van der Waals surface area contributed by atoms with E-state index in [0.717, 1.165) is 15.8 Å². The van der Waals surface area contributed by atoms with E-state index >= 15 is 0 Å². The van der Waals surface area contributed by atoms with Gasteiger partial charge < -0.3 is 4.74 Å². The molecule has 2 aliphatic rings. The molecule has 0 radical (unpaired) electrons. The third-order valence-electron chi connectivity index (χ3n) is 4.16. The molecular formula is C18H23NO2S. The number of hydrogen-bond donors (Lipinski definition) is 0. The predicted octanol–water partition coefficient (Wildman–Crippen LogP) is 4.47. The topological polar surface area (TPSA) is 39.2 Å². The number of allylic oxidation sites excluding steroid dienone is 1. The normalized spacial score (nSPS) is 19.4. The SMILES string of the molecule is CCOC(=O)/C(=C/C1CCCC1)c1ccc(SC2CC2)nc1. The van der Waals surface area contributed by atoms with E-state index in [0.29, 0.717) is 18.1 Å². The van der Waals surface area contributed by atoms with Crippen LogP contribution in [-0.4, -0.2) is 22.8 Å². The van der Waals surface area contributed by atoms with Crippen LogP contribution in [0.2, 0.25) is 0 Å². The van der Waals surface area contributed by atoms with E-state index in [1.165, 1.54) is 38.5 Å². The van der Waals surface area contributed by atoms with Gasteiger partial charge in [0.1, 0.15) is 0 Å². The summed E-state index contributed by atoms with van der Waals surface area (Å²) in [4.78, 5) is 16.8. The number of esters is 1. The molecule has 0 atom stereocenters. The summed E-state index contributed by atoms with van der Waals surface area (Å²) in [5.74, 6) is 0.277. The van der Waals surface area contributed by atoms with Gasteiger partial charge in [0, 0.05) is 17.0 Å². The lowest BCUT2D eigenvalue weighted by atomic mass is 10.00. The molecule has 0 unspecified atom stereocenters. The first kappa shape index (κ1) is 15.6. The van der Waals surface area contributed by atoms with Crippen LogP contribution >= 0.6 is 11.8 Å². The van der Waals surface area contributed by atoms with Gasteiger partial charge in [0.2, 0.25) is 0 Å².